The first-order valence-electron chi connectivity index (χ1n) is 13.9. The number of thiazole rings is 1. The van der Waals surface area contributed by atoms with E-state index in [1.54, 1.807) is 36.8 Å². The molecule has 1 amide bonds. The molecule has 0 radical (unpaired) electrons. The van der Waals surface area contributed by atoms with E-state index >= 15 is 0 Å². The lowest BCUT2D eigenvalue weighted by Gasteiger charge is -2.25. The van der Waals surface area contributed by atoms with Gasteiger partial charge < -0.3 is 14.8 Å². The minimum Gasteiger partial charge on any atom is -0.493 e. The van der Waals surface area contributed by atoms with Gasteiger partial charge in [-0.25, -0.2) is 4.99 Å². The molecule has 0 bridgehead atoms. The molecule has 0 fully saturated rings. The normalized spacial score (nSPS) is 14.5. The van der Waals surface area contributed by atoms with Crippen LogP contribution in [0.5, 0.6) is 11.5 Å². The van der Waals surface area contributed by atoms with Gasteiger partial charge in [0.1, 0.15) is 6.61 Å². The van der Waals surface area contributed by atoms with Crippen molar-refractivity contribution in [3.8, 4) is 11.5 Å². The van der Waals surface area contributed by atoms with Crippen LogP contribution in [-0.4, -0.2) is 17.6 Å². The molecule has 0 spiro atoms. The molecule has 2 heterocycles. The van der Waals surface area contributed by atoms with Crippen LogP contribution in [0.1, 0.15) is 29.7 Å². The summed E-state index contributed by atoms with van der Waals surface area (Å²) in [5.74, 6) is 0.821. The molecule has 4 aromatic carbocycles. The third-order valence-corrected chi connectivity index (χ3v) is 8.44. The number of fused-ring (bicyclic) bond motifs is 1. The zero-order valence-corrected chi connectivity index (χ0v) is 25.6. The monoisotopic (exact) mass is 621 g/mol. The van der Waals surface area contributed by atoms with E-state index in [0.717, 1.165) is 16.7 Å². The van der Waals surface area contributed by atoms with Crippen molar-refractivity contribution in [2.75, 3.05) is 12.4 Å². The Morgan fingerprint density at radius 1 is 0.977 bits per heavy atom. The zero-order chi connectivity index (χ0) is 30.6. The van der Waals surface area contributed by atoms with Crippen LogP contribution in [0.4, 0.5) is 5.69 Å². The molecule has 1 aromatic heterocycles. The Bertz CT molecular complexity index is 2040. The highest BCUT2D eigenvalue weighted by Gasteiger charge is 2.32. The SMILES string of the molecule is COc1cc(/C=c2\sc3n(c2=O)C(c2ccc(Cl)cc2)C(C(=O)Nc2ccccc2)=C(C)N=3)ccc1OCc1ccccc1. The summed E-state index contributed by atoms with van der Waals surface area (Å²) in [6.07, 6.45) is 1.80. The molecule has 0 aliphatic carbocycles. The van der Waals surface area contributed by atoms with E-state index in [-0.39, 0.29) is 11.5 Å². The molecule has 1 atom stereocenters. The van der Waals surface area contributed by atoms with Gasteiger partial charge in [-0.3, -0.25) is 14.2 Å². The molecule has 9 heteroatoms. The fraction of sp³-hybridized carbons (Fsp3) is 0.114. The van der Waals surface area contributed by atoms with E-state index < -0.39 is 6.04 Å². The number of carbonyl (C=O) groups excluding carboxylic acids is 1. The summed E-state index contributed by atoms with van der Waals surface area (Å²) in [5, 5.41) is 3.52. The number of amides is 1. The number of aromatic nitrogens is 1. The summed E-state index contributed by atoms with van der Waals surface area (Å²) >= 11 is 7.47. The van der Waals surface area contributed by atoms with Crippen molar-refractivity contribution in [3.05, 3.63) is 156 Å². The molecule has 1 N–H and O–H groups in total. The van der Waals surface area contributed by atoms with Crippen molar-refractivity contribution in [3.63, 3.8) is 0 Å². The van der Waals surface area contributed by atoms with Gasteiger partial charge in [0.25, 0.3) is 11.5 Å². The van der Waals surface area contributed by atoms with Crippen molar-refractivity contribution in [2.24, 2.45) is 4.99 Å². The first-order chi connectivity index (χ1) is 21.4. The number of methoxy groups -OCH3 is 1. The number of allylic oxidation sites excluding steroid dienone is 1. The van der Waals surface area contributed by atoms with Crippen LogP contribution >= 0.6 is 22.9 Å². The number of hydrogen-bond donors (Lipinski definition) is 1. The van der Waals surface area contributed by atoms with Gasteiger partial charge in [-0.1, -0.05) is 89.7 Å². The summed E-state index contributed by atoms with van der Waals surface area (Å²) in [5.41, 5.74) is 3.87. The summed E-state index contributed by atoms with van der Waals surface area (Å²) in [4.78, 5) is 32.9. The Hall–Kier alpha value is -4.92. The minimum atomic E-state index is -0.697. The van der Waals surface area contributed by atoms with Crippen LogP contribution < -0.4 is 29.7 Å². The second-order valence-electron chi connectivity index (χ2n) is 10.1. The second-order valence-corrected chi connectivity index (χ2v) is 11.6. The smallest absolute Gasteiger partial charge is 0.271 e. The van der Waals surface area contributed by atoms with Crippen molar-refractivity contribution in [2.45, 2.75) is 19.6 Å². The van der Waals surface area contributed by atoms with Crippen LogP contribution in [0.15, 0.2) is 124 Å². The number of rotatable bonds is 8. The Balaban J connectivity index is 1.39. The van der Waals surface area contributed by atoms with Crippen molar-refractivity contribution in [1.82, 2.24) is 4.57 Å². The lowest BCUT2D eigenvalue weighted by Crippen LogP contribution is -2.40. The van der Waals surface area contributed by atoms with Crippen molar-refractivity contribution < 1.29 is 14.3 Å². The largest absolute Gasteiger partial charge is 0.493 e. The molecule has 1 unspecified atom stereocenters. The second kappa shape index (κ2) is 12.8. The molecular weight excluding hydrogens is 594 g/mol. The number of ether oxygens (including phenoxy) is 2. The van der Waals surface area contributed by atoms with E-state index in [4.69, 9.17) is 26.1 Å². The maximum absolute atomic E-state index is 14.0. The highest BCUT2D eigenvalue weighted by atomic mass is 35.5. The Morgan fingerprint density at radius 3 is 2.39 bits per heavy atom. The maximum Gasteiger partial charge on any atom is 0.271 e. The fourth-order valence-corrected chi connectivity index (χ4v) is 6.24. The number of nitrogens with one attached hydrogen (secondary N) is 1. The zero-order valence-electron chi connectivity index (χ0n) is 24.0. The van der Waals surface area contributed by atoms with Gasteiger partial charge in [-0.15, -0.1) is 0 Å². The Labute approximate surface area is 263 Å². The van der Waals surface area contributed by atoms with E-state index in [1.165, 1.54) is 11.3 Å². The van der Waals surface area contributed by atoms with E-state index in [2.05, 4.69) is 5.32 Å². The first-order valence-corrected chi connectivity index (χ1v) is 15.1. The van der Waals surface area contributed by atoms with Gasteiger partial charge in [-0.05, 0) is 66.1 Å². The van der Waals surface area contributed by atoms with Gasteiger partial charge in [-0.2, -0.15) is 0 Å². The van der Waals surface area contributed by atoms with Crippen LogP contribution in [0.2, 0.25) is 5.02 Å². The van der Waals surface area contributed by atoms with E-state index in [0.29, 0.717) is 49.4 Å². The molecule has 44 heavy (non-hydrogen) atoms. The van der Waals surface area contributed by atoms with Crippen LogP contribution in [0, 0.1) is 0 Å². The number of anilines is 1. The summed E-state index contributed by atoms with van der Waals surface area (Å²) in [6.45, 7) is 2.19. The third kappa shape index (κ3) is 6.08. The number of nitrogens with zero attached hydrogens (tertiary/aromatic N) is 2. The predicted octanol–water partition coefficient (Wildman–Crippen LogP) is 6.11. The van der Waals surface area contributed by atoms with Gasteiger partial charge in [0.2, 0.25) is 0 Å². The molecule has 0 saturated heterocycles. The first kappa shape index (κ1) is 29.2. The van der Waals surface area contributed by atoms with Crippen molar-refractivity contribution in [1.29, 1.82) is 0 Å². The van der Waals surface area contributed by atoms with Gasteiger partial charge in [0.05, 0.1) is 29.0 Å². The molecule has 6 rings (SSSR count). The lowest BCUT2D eigenvalue weighted by molar-refractivity contribution is -0.113. The Kier molecular flexibility index (Phi) is 8.45. The number of benzene rings is 4. The third-order valence-electron chi connectivity index (χ3n) is 7.21. The molecule has 0 saturated carbocycles. The van der Waals surface area contributed by atoms with Gasteiger partial charge >= 0.3 is 0 Å². The standard InChI is InChI=1S/C35H28ClN3O4S/c1-22-31(33(40)38-27-11-7-4-8-12-27)32(25-14-16-26(36)17-15-25)39-34(41)30(44-35(39)37-22)20-24-13-18-28(29(19-24)42-2)43-21-23-9-5-3-6-10-23/h3-20,32H,21H2,1-2H3,(H,38,40)/b30-20-. The van der Waals surface area contributed by atoms with Gasteiger partial charge in [0, 0.05) is 10.7 Å². The maximum atomic E-state index is 14.0. The molecule has 220 valence electrons. The van der Waals surface area contributed by atoms with Gasteiger partial charge in [0.15, 0.2) is 16.3 Å². The summed E-state index contributed by atoms with van der Waals surface area (Å²) < 4.78 is 13.7. The fourth-order valence-electron chi connectivity index (χ4n) is 5.07. The van der Waals surface area contributed by atoms with Crippen LogP contribution in [-0.2, 0) is 11.4 Å². The number of para-hydroxylation sites is 1. The topological polar surface area (TPSA) is 81.9 Å². The highest BCUT2D eigenvalue weighted by molar-refractivity contribution is 7.07. The average Bonchev–Trinajstić information content (AvgIpc) is 3.34. The number of carbonyl (C=O) groups is 1. The minimum absolute atomic E-state index is 0.255. The summed E-state index contributed by atoms with van der Waals surface area (Å²) in [7, 11) is 1.58. The highest BCUT2D eigenvalue weighted by Crippen LogP contribution is 2.32. The Morgan fingerprint density at radius 2 is 1.68 bits per heavy atom. The molecular formula is C35H28ClN3O4S. The molecule has 1 aliphatic heterocycles. The van der Waals surface area contributed by atoms with E-state index in [1.807, 2.05) is 91.0 Å². The summed E-state index contributed by atoms with van der Waals surface area (Å²) in [6, 6.07) is 31.1. The quantitative estimate of drug-likeness (QED) is 0.227. The molecule has 1 aliphatic rings. The van der Waals surface area contributed by atoms with Crippen molar-refractivity contribution >= 4 is 40.6 Å². The van der Waals surface area contributed by atoms with Crippen LogP contribution in [0.25, 0.3) is 6.08 Å². The number of halogens is 1. The average molecular weight is 622 g/mol. The van der Waals surface area contributed by atoms with Crippen LogP contribution in [0.3, 0.4) is 0 Å². The van der Waals surface area contributed by atoms with E-state index in [9.17, 15) is 9.59 Å². The molecule has 5 aromatic rings. The predicted molar refractivity (Wildman–Crippen MR) is 174 cm³/mol. The lowest BCUT2D eigenvalue weighted by atomic mass is 9.95. The number of hydrogen-bond acceptors (Lipinski definition) is 6. The molecule has 7 nitrogen and oxygen atoms in total.